The molecule has 0 saturated carbocycles. The van der Waals surface area contributed by atoms with Gasteiger partial charge in [-0.2, -0.15) is 10.2 Å². The number of carbonyl (C=O) groups excluding carboxylic acids is 1. The summed E-state index contributed by atoms with van der Waals surface area (Å²) in [5, 5.41) is 27.4. The standard InChI is InChI=1S/C17H27N3O4/c21-15-7-10-20(17(23)14-6-8-18-19-12-14)9-4-2-1-3-5-11-24-13-16(15)22/h6,8,12,15-16,21-22H,1-5,7,9-11,13H2/t15-,16+/m0/s1. The Morgan fingerprint density at radius 2 is 1.88 bits per heavy atom. The van der Waals surface area contributed by atoms with Crippen molar-refractivity contribution in [3.63, 3.8) is 0 Å². The number of hydrogen-bond acceptors (Lipinski definition) is 6. The van der Waals surface area contributed by atoms with E-state index in [2.05, 4.69) is 10.2 Å². The molecule has 1 saturated heterocycles. The summed E-state index contributed by atoms with van der Waals surface area (Å²) in [5.41, 5.74) is 0.490. The molecule has 134 valence electrons. The van der Waals surface area contributed by atoms with Gasteiger partial charge in [0.2, 0.25) is 0 Å². The molecule has 0 bridgehead atoms. The fraction of sp³-hybridized carbons (Fsp3) is 0.706. The predicted octanol–water partition coefficient (Wildman–Crippen LogP) is 1.01. The molecule has 0 aromatic carbocycles. The Bertz CT molecular complexity index is 486. The lowest BCUT2D eigenvalue weighted by Crippen LogP contribution is -2.38. The summed E-state index contributed by atoms with van der Waals surface area (Å²) in [5.74, 6) is -0.116. The number of aliphatic hydroxyl groups is 2. The lowest BCUT2D eigenvalue weighted by Gasteiger charge is -2.26. The SMILES string of the molecule is O=C(c1ccnnc1)N1CCCCCCCOC[C@@H](O)[C@@H](O)CC1. The van der Waals surface area contributed by atoms with Gasteiger partial charge < -0.3 is 19.8 Å². The van der Waals surface area contributed by atoms with E-state index in [9.17, 15) is 15.0 Å². The molecule has 0 radical (unpaired) electrons. The zero-order valence-corrected chi connectivity index (χ0v) is 14.0. The molecule has 1 aromatic heterocycles. The highest BCUT2D eigenvalue weighted by molar-refractivity contribution is 5.93. The fourth-order valence-electron chi connectivity index (χ4n) is 2.75. The molecule has 1 aliphatic rings. The Labute approximate surface area is 142 Å². The van der Waals surface area contributed by atoms with Crippen molar-refractivity contribution in [2.24, 2.45) is 0 Å². The molecule has 24 heavy (non-hydrogen) atoms. The summed E-state index contributed by atoms with van der Waals surface area (Å²) >= 11 is 0. The summed E-state index contributed by atoms with van der Waals surface area (Å²) in [6.07, 6.45) is 6.54. The van der Waals surface area contributed by atoms with Crippen molar-refractivity contribution < 1.29 is 19.7 Å². The summed E-state index contributed by atoms with van der Waals surface area (Å²) in [6.45, 7) is 1.77. The smallest absolute Gasteiger partial charge is 0.255 e. The highest BCUT2D eigenvalue weighted by Gasteiger charge is 2.21. The van der Waals surface area contributed by atoms with E-state index in [4.69, 9.17) is 4.74 Å². The lowest BCUT2D eigenvalue weighted by molar-refractivity contribution is -0.0434. The quantitative estimate of drug-likeness (QED) is 0.794. The second kappa shape index (κ2) is 10.3. The number of aliphatic hydroxyl groups excluding tert-OH is 2. The number of ether oxygens (including phenoxy) is 1. The molecule has 0 unspecified atom stereocenters. The van der Waals surface area contributed by atoms with E-state index in [1.54, 1.807) is 11.0 Å². The number of rotatable bonds is 1. The van der Waals surface area contributed by atoms with Gasteiger partial charge in [-0.15, -0.1) is 0 Å². The Morgan fingerprint density at radius 3 is 2.67 bits per heavy atom. The van der Waals surface area contributed by atoms with Crippen molar-refractivity contribution in [1.82, 2.24) is 15.1 Å². The van der Waals surface area contributed by atoms with Crippen molar-refractivity contribution in [3.8, 4) is 0 Å². The second-order valence-electron chi connectivity index (χ2n) is 6.19. The third-order valence-corrected chi connectivity index (χ3v) is 4.26. The zero-order chi connectivity index (χ0) is 17.2. The van der Waals surface area contributed by atoms with Crippen molar-refractivity contribution in [2.75, 3.05) is 26.3 Å². The Balaban J connectivity index is 1.99. The minimum absolute atomic E-state index is 0.116. The summed E-state index contributed by atoms with van der Waals surface area (Å²) in [4.78, 5) is 14.3. The van der Waals surface area contributed by atoms with Gasteiger partial charge in [-0.1, -0.05) is 19.3 Å². The normalized spacial score (nSPS) is 25.0. The van der Waals surface area contributed by atoms with E-state index >= 15 is 0 Å². The minimum Gasteiger partial charge on any atom is -0.390 e. The fourth-order valence-corrected chi connectivity index (χ4v) is 2.75. The third kappa shape index (κ3) is 6.14. The van der Waals surface area contributed by atoms with Crippen molar-refractivity contribution in [1.29, 1.82) is 0 Å². The maximum atomic E-state index is 12.6. The van der Waals surface area contributed by atoms with E-state index in [0.29, 0.717) is 31.7 Å². The van der Waals surface area contributed by atoms with Gasteiger partial charge in [-0.3, -0.25) is 4.79 Å². The van der Waals surface area contributed by atoms with Crippen LogP contribution in [0.4, 0.5) is 0 Å². The molecular weight excluding hydrogens is 310 g/mol. The molecule has 2 rings (SSSR count). The molecule has 1 fully saturated rings. The first kappa shape index (κ1) is 18.8. The van der Waals surface area contributed by atoms with Gasteiger partial charge in [0.25, 0.3) is 5.91 Å². The van der Waals surface area contributed by atoms with Gasteiger partial charge in [0, 0.05) is 19.7 Å². The predicted molar refractivity (Wildman–Crippen MR) is 88.5 cm³/mol. The topological polar surface area (TPSA) is 95.8 Å². The molecule has 2 heterocycles. The van der Waals surface area contributed by atoms with Gasteiger partial charge in [-0.05, 0) is 25.3 Å². The number of amides is 1. The molecule has 7 heteroatoms. The van der Waals surface area contributed by atoms with Crippen molar-refractivity contribution >= 4 is 5.91 Å². The molecule has 7 nitrogen and oxygen atoms in total. The summed E-state index contributed by atoms with van der Waals surface area (Å²) in [6, 6.07) is 1.64. The van der Waals surface area contributed by atoms with Crippen LogP contribution in [0.25, 0.3) is 0 Å². The average Bonchev–Trinajstić information content (AvgIpc) is 2.61. The van der Waals surface area contributed by atoms with Crippen molar-refractivity contribution in [3.05, 3.63) is 24.0 Å². The Hall–Kier alpha value is -1.57. The van der Waals surface area contributed by atoms with E-state index < -0.39 is 12.2 Å². The van der Waals surface area contributed by atoms with E-state index in [1.807, 2.05) is 0 Å². The molecule has 0 aliphatic carbocycles. The summed E-state index contributed by atoms with van der Waals surface area (Å²) < 4.78 is 5.40. The van der Waals surface area contributed by atoms with Crippen LogP contribution in [0.3, 0.4) is 0 Å². The molecule has 1 aromatic rings. The third-order valence-electron chi connectivity index (χ3n) is 4.26. The van der Waals surface area contributed by atoms with Crippen LogP contribution < -0.4 is 0 Å². The number of nitrogens with zero attached hydrogens (tertiary/aromatic N) is 3. The molecule has 0 spiro atoms. The molecule has 2 atom stereocenters. The number of carbonyl (C=O) groups is 1. The van der Waals surface area contributed by atoms with Crippen LogP contribution in [0.15, 0.2) is 18.5 Å². The molecule has 1 aliphatic heterocycles. The van der Waals surface area contributed by atoms with Crippen LogP contribution in [-0.4, -0.2) is 69.7 Å². The van der Waals surface area contributed by atoms with Crippen LogP contribution in [0.5, 0.6) is 0 Å². The summed E-state index contributed by atoms with van der Waals surface area (Å²) in [7, 11) is 0. The van der Waals surface area contributed by atoms with Crippen LogP contribution in [-0.2, 0) is 4.74 Å². The maximum Gasteiger partial charge on any atom is 0.255 e. The highest BCUT2D eigenvalue weighted by Crippen LogP contribution is 2.11. The van der Waals surface area contributed by atoms with E-state index in [1.165, 1.54) is 12.4 Å². The molecular formula is C17H27N3O4. The first-order valence-electron chi connectivity index (χ1n) is 8.68. The van der Waals surface area contributed by atoms with E-state index in [-0.39, 0.29) is 12.5 Å². The lowest BCUT2D eigenvalue weighted by atomic mass is 10.1. The Kier molecular flexibility index (Phi) is 8.07. The first-order valence-corrected chi connectivity index (χ1v) is 8.68. The van der Waals surface area contributed by atoms with Crippen molar-refractivity contribution in [2.45, 2.75) is 50.7 Å². The van der Waals surface area contributed by atoms with E-state index in [0.717, 1.165) is 32.1 Å². The zero-order valence-electron chi connectivity index (χ0n) is 14.0. The van der Waals surface area contributed by atoms with Gasteiger partial charge >= 0.3 is 0 Å². The van der Waals surface area contributed by atoms with Gasteiger partial charge in [0.15, 0.2) is 0 Å². The van der Waals surface area contributed by atoms with Crippen LogP contribution in [0.2, 0.25) is 0 Å². The van der Waals surface area contributed by atoms with Crippen LogP contribution >= 0.6 is 0 Å². The molecule has 1 amide bonds. The van der Waals surface area contributed by atoms with Crippen LogP contribution in [0, 0.1) is 0 Å². The maximum absolute atomic E-state index is 12.6. The highest BCUT2D eigenvalue weighted by atomic mass is 16.5. The number of aromatic nitrogens is 2. The van der Waals surface area contributed by atoms with Gasteiger partial charge in [0.05, 0.1) is 30.7 Å². The number of hydrogen-bond donors (Lipinski definition) is 2. The van der Waals surface area contributed by atoms with Gasteiger partial charge in [-0.25, -0.2) is 0 Å². The second-order valence-corrected chi connectivity index (χ2v) is 6.19. The van der Waals surface area contributed by atoms with Crippen LogP contribution in [0.1, 0.15) is 48.9 Å². The van der Waals surface area contributed by atoms with Gasteiger partial charge in [0.1, 0.15) is 6.10 Å². The Morgan fingerprint density at radius 1 is 1.08 bits per heavy atom. The first-order chi connectivity index (χ1) is 11.7. The monoisotopic (exact) mass is 337 g/mol. The largest absolute Gasteiger partial charge is 0.390 e. The average molecular weight is 337 g/mol. The minimum atomic E-state index is -0.924. The molecule has 2 N–H and O–H groups in total.